The molecule has 3 N–H and O–H groups in total. The highest BCUT2D eigenvalue weighted by atomic mass is 16.5. The summed E-state index contributed by atoms with van der Waals surface area (Å²) in [6.07, 6.45) is -0.124. The number of nitrogens with zero attached hydrogens (tertiary/aromatic N) is 2. The SMILES string of the molecule is COc1ccc(OCC(=O)Nc2cc(C)nn2C2NC(=O)CC(C)N2)cc1. The van der Waals surface area contributed by atoms with Crippen molar-refractivity contribution in [3.63, 3.8) is 0 Å². The minimum absolute atomic E-state index is 0.00946. The third-order valence-electron chi connectivity index (χ3n) is 4.03. The van der Waals surface area contributed by atoms with E-state index in [0.29, 0.717) is 23.7 Å². The summed E-state index contributed by atoms with van der Waals surface area (Å²) in [7, 11) is 1.58. The number of carbonyl (C=O) groups excluding carboxylic acids is 2. The van der Waals surface area contributed by atoms with Gasteiger partial charge in [-0.25, -0.2) is 4.68 Å². The summed E-state index contributed by atoms with van der Waals surface area (Å²) < 4.78 is 12.1. The van der Waals surface area contributed by atoms with E-state index >= 15 is 0 Å². The van der Waals surface area contributed by atoms with Crippen molar-refractivity contribution in [2.45, 2.75) is 32.6 Å². The van der Waals surface area contributed by atoms with Gasteiger partial charge in [0.25, 0.3) is 5.91 Å². The number of nitrogens with one attached hydrogen (secondary N) is 3. The zero-order chi connectivity index (χ0) is 19.4. The summed E-state index contributed by atoms with van der Waals surface area (Å²) >= 11 is 0. The number of methoxy groups -OCH3 is 1. The summed E-state index contributed by atoms with van der Waals surface area (Å²) in [5, 5.41) is 13.2. The minimum atomic E-state index is -0.521. The number of rotatable bonds is 6. The fourth-order valence-electron chi connectivity index (χ4n) is 2.80. The van der Waals surface area contributed by atoms with Crippen LogP contribution in [0.4, 0.5) is 5.82 Å². The molecule has 0 bridgehead atoms. The van der Waals surface area contributed by atoms with Gasteiger partial charge in [0.05, 0.1) is 12.8 Å². The average Bonchev–Trinajstić information content (AvgIpc) is 3.00. The number of anilines is 1. The van der Waals surface area contributed by atoms with Gasteiger partial charge in [-0.1, -0.05) is 0 Å². The normalized spacial score (nSPS) is 19.3. The lowest BCUT2D eigenvalue weighted by Gasteiger charge is -2.30. The summed E-state index contributed by atoms with van der Waals surface area (Å²) in [5.41, 5.74) is 0.718. The molecule has 0 spiro atoms. The van der Waals surface area contributed by atoms with Crippen LogP contribution in [0.2, 0.25) is 0 Å². The van der Waals surface area contributed by atoms with Crippen molar-refractivity contribution in [2.75, 3.05) is 19.0 Å². The molecule has 1 aliphatic heterocycles. The topological polar surface area (TPSA) is 107 Å². The van der Waals surface area contributed by atoms with Crippen LogP contribution in [0.25, 0.3) is 0 Å². The van der Waals surface area contributed by atoms with Crippen LogP contribution in [0.5, 0.6) is 11.5 Å². The lowest BCUT2D eigenvalue weighted by Crippen LogP contribution is -2.52. The molecule has 2 unspecified atom stereocenters. The molecule has 0 aliphatic carbocycles. The van der Waals surface area contributed by atoms with Crippen molar-refractivity contribution in [2.24, 2.45) is 0 Å². The van der Waals surface area contributed by atoms with Gasteiger partial charge in [0.1, 0.15) is 17.3 Å². The molecule has 1 aromatic carbocycles. The third-order valence-corrected chi connectivity index (χ3v) is 4.03. The number of carbonyl (C=O) groups is 2. The van der Waals surface area contributed by atoms with Crippen molar-refractivity contribution in [1.82, 2.24) is 20.4 Å². The van der Waals surface area contributed by atoms with Crippen LogP contribution in [-0.4, -0.2) is 41.4 Å². The van der Waals surface area contributed by atoms with Crippen LogP contribution >= 0.6 is 0 Å². The van der Waals surface area contributed by atoms with E-state index in [4.69, 9.17) is 9.47 Å². The first-order valence-corrected chi connectivity index (χ1v) is 8.63. The molecule has 2 heterocycles. The standard InChI is InChI=1S/C18H23N5O4/c1-11-9-16(24)21-18(19-11)23-15(8-12(2)22-23)20-17(25)10-27-14-6-4-13(26-3)5-7-14/h4-8,11,18-19H,9-10H2,1-3H3,(H,20,25)(H,21,24). The van der Waals surface area contributed by atoms with Crippen LogP contribution in [-0.2, 0) is 9.59 Å². The highest BCUT2D eigenvalue weighted by Crippen LogP contribution is 2.18. The molecule has 0 saturated carbocycles. The first-order valence-electron chi connectivity index (χ1n) is 8.63. The average molecular weight is 373 g/mol. The Kier molecular flexibility index (Phi) is 5.60. The molecule has 9 nitrogen and oxygen atoms in total. The van der Waals surface area contributed by atoms with Crippen LogP contribution in [0.15, 0.2) is 30.3 Å². The quantitative estimate of drug-likeness (QED) is 0.702. The van der Waals surface area contributed by atoms with E-state index in [-0.39, 0.29) is 24.5 Å². The van der Waals surface area contributed by atoms with Crippen LogP contribution in [0.1, 0.15) is 25.3 Å². The fourth-order valence-corrected chi connectivity index (χ4v) is 2.80. The van der Waals surface area contributed by atoms with Gasteiger partial charge < -0.3 is 20.1 Å². The molecule has 1 aliphatic rings. The van der Waals surface area contributed by atoms with Crippen LogP contribution < -0.4 is 25.4 Å². The summed E-state index contributed by atoms with van der Waals surface area (Å²) in [5.74, 6) is 1.34. The molecule has 2 aromatic rings. The van der Waals surface area contributed by atoms with Gasteiger partial charge in [-0.15, -0.1) is 0 Å². The van der Waals surface area contributed by atoms with Gasteiger partial charge in [0.2, 0.25) is 5.91 Å². The van der Waals surface area contributed by atoms with Gasteiger partial charge >= 0.3 is 0 Å². The Hall–Kier alpha value is -3.07. The predicted octanol–water partition coefficient (Wildman–Crippen LogP) is 1.17. The van der Waals surface area contributed by atoms with Crippen LogP contribution in [0.3, 0.4) is 0 Å². The maximum absolute atomic E-state index is 12.3. The second-order valence-electron chi connectivity index (χ2n) is 6.37. The molecule has 3 rings (SSSR count). The van der Waals surface area contributed by atoms with Gasteiger partial charge in [-0.05, 0) is 38.1 Å². The Morgan fingerprint density at radius 2 is 2.04 bits per heavy atom. The molecule has 0 radical (unpaired) electrons. The maximum atomic E-state index is 12.3. The van der Waals surface area contributed by atoms with E-state index in [1.165, 1.54) is 0 Å². The Bertz CT molecular complexity index is 818. The van der Waals surface area contributed by atoms with Crippen molar-refractivity contribution in [1.29, 1.82) is 0 Å². The number of amides is 2. The highest BCUT2D eigenvalue weighted by molar-refractivity contribution is 5.91. The summed E-state index contributed by atoms with van der Waals surface area (Å²) in [4.78, 5) is 24.1. The van der Waals surface area contributed by atoms with Crippen molar-refractivity contribution < 1.29 is 19.1 Å². The number of aromatic nitrogens is 2. The third kappa shape index (κ3) is 4.76. The lowest BCUT2D eigenvalue weighted by molar-refractivity contribution is -0.125. The lowest BCUT2D eigenvalue weighted by atomic mass is 10.2. The van der Waals surface area contributed by atoms with Crippen LogP contribution in [0, 0.1) is 6.92 Å². The van der Waals surface area contributed by atoms with Gasteiger partial charge in [-0.3, -0.25) is 14.9 Å². The van der Waals surface area contributed by atoms with Gasteiger partial charge in [0, 0.05) is 18.5 Å². The molecule has 9 heteroatoms. The molecule has 27 heavy (non-hydrogen) atoms. The predicted molar refractivity (Wildman–Crippen MR) is 98.5 cm³/mol. The molecular formula is C18H23N5O4. The minimum Gasteiger partial charge on any atom is -0.497 e. The summed E-state index contributed by atoms with van der Waals surface area (Å²) in [6.45, 7) is 3.58. The first-order chi connectivity index (χ1) is 12.9. The molecule has 1 aromatic heterocycles. The van der Waals surface area contributed by atoms with Crippen molar-refractivity contribution >= 4 is 17.6 Å². The van der Waals surface area contributed by atoms with Crippen molar-refractivity contribution in [3.8, 4) is 11.5 Å². The maximum Gasteiger partial charge on any atom is 0.263 e. The van der Waals surface area contributed by atoms with E-state index in [9.17, 15) is 9.59 Å². The fraction of sp³-hybridized carbons (Fsp3) is 0.389. The Labute approximate surface area is 157 Å². The van der Waals surface area contributed by atoms with Gasteiger partial charge in [0.15, 0.2) is 12.9 Å². The van der Waals surface area contributed by atoms with E-state index in [1.807, 2.05) is 13.8 Å². The Morgan fingerprint density at radius 3 is 2.70 bits per heavy atom. The second kappa shape index (κ2) is 8.09. The first kappa shape index (κ1) is 18.7. The van der Waals surface area contributed by atoms with E-state index < -0.39 is 6.29 Å². The zero-order valence-electron chi connectivity index (χ0n) is 15.5. The number of aryl methyl sites for hydroxylation is 1. The smallest absolute Gasteiger partial charge is 0.263 e. The van der Waals surface area contributed by atoms with Crippen molar-refractivity contribution in [3.05, 3.63) is 36.0 Å². The molecule has 1 saturated heterocycles. The molecule has 2 atom stereocenters. The second-order valence-corrected chi connectivity index (χ2v) is 6.37. The molecular weight excluding hydrogens is 350 g/mol. The number of hydrogen-bond acceptors (Lipinski definition) is 6. The summed E-state index contributed by atoms with van der Waals surface area (Å²) in [6, 6.07) is 8.70. The van der Waals surface area contributed by atoms with E-state index in [1.54, 1.807) is 42.1 Å². The largest absolute Gasteiger partial charge is 0.497 e. The number of hydrogen-bond donors (Lipinski definition) is 3. The van der Waals surface area contributed by atoms with Gasteiger partial charge in [-0.2, -0.15) is 5.10 Å². The zero-order valence-corrected chi connectivity index (χ0v) is 15.5. The Morgan fingerprint density at radius 1 is 1.33 bits per heavy atom. The number of ether oxygens (including phenoxy) is 2. The molecule has 144 valence electrons. The highest BCUT2D eigenvalue weighted by Gasteiger charge is 2.26. The molecule has 2 amide bonds. The number of benzene rings is 1. The monoisotopic (exact) mass is 373 g/mol. The van der Waals surface area contributed by atoms with E-state index in [0.717, 1.165) is 5.69 Å². The van der Waals surface area contributed by atoms with E-state index in [2.05, 4.69) is 21.0 Å². The molecule has 1 fully saturated rings. The Balaban J connectivity index is 1.62.